The van der Waals surface area contributed by atoms with Gasteiger partial charge in [-0.2, -0.15) is 0 Å². The van der Waals surface area contributed by atoms with Crippen LogP contribution in [-0.2, 0) is 9.13 Å². The van der Waals surface area contributed by atoms with E-state index in [1.165, 1.54) is 25.1 Å². The summed E-state index contributed by atoms with van der Waals surface area (Å²) >= 11 is 0. The van der Waals surface area contributed by atoms with Crippen LogP contribution in [0.2, 0.25) is 0 Å². The van der Waals surface area contributed by atoms with Crippen molar-refractivity contribution < 1.29 is 156 Å². The Morgan fingerprint density at radius 3 is 1.68 bits per heavy atom. The van der Waals surface area contributed by atoms with E-state index in [4.69, 9.17) is 19.6 Å². The van der Waals surface area contributed by atoms with Crippen LogP contribution in [0.3, 0.4) is 0 Å². The number of fused-ring (bicyclic) bond motifs is 1. The smallest absolute Gasteiger partial charge is 0.404 e. The first-order valence-corrected chi connectivity index (χ1v) is 8.65. The standard InChI is InChI=1S/C11H12O8P2.4Na/c1-7-6-10(18-20(12,13)14)8-4-2-3-5-9(8)11(7)19-21(15,16)17;;;;/h2-6H,1H3,(H2,12,13,14)(H2,15,16,17);;;;/q;4*+1. The van der Waals surface area contributed by atoms with Crippen molar-refractivity contribution in [3.05, 3.63) is 35.9 Å². The summed E-state index contributed by atoms with van der Waals surface area (Å²) in [4.78, 5) is 35.7. The summed E-state index contributed by atoms with van der Waals surface area (Å²) in [6, 6.07) is 7.42. The normalized spacial score (nSPS) is 10.4. The van der Waals surface area contributed by atoms with Gasteiger partial charge in [0.2, 0.25) is 0 Å². The van der Waals surface area contributed by atoms with Crippen LogP contribution < -0.4 is 127 Å². The third kappa shape index (κ3) is 10.3. The van der Waals surface area contributed by atoms with E-state index in [0.717, 1.165) is 0 Å². The van der Waals surface area contributed by atoms with E-state index in [9.17, 15) is 9.13 Å². The monoisotopic (exact) mass is 426 g/mol. The minimum absolute atomic E-state index is 0. The van der Waals surface area contributed by atoms with Gasteiger partial charge in [-0.15, -0.1) is 0 Å². The molecule has 114 valence electrons. The topological polar surface area (TPSA) is 134 Å². The quantitative estimate of drug-likeness (QED) is 0.280. The summed E-state index contributed by atoms with van der Waals surface area (Å²) < 4.78 is 31.3. The van der Waals surface area contributed by atoms with Crippen LogP contribution in [0.1, 0.15) is 5.56 Å². The molecule has 0 unspecified atom stereocenters. The van der Waals surface area contributed by atoms with Crippen molar-refractivity contribution >= 4 is 26.4 Å². The summed E-state index contributed by atoms with van der Waals surface area (Å²) in [7, 11) is -9.53. The van der Waals surface area contributed by atoms with E-state index in [2.05, 4.69) is 9.05 Å². The van der Waals surface area contributed by atoms with Crippen molar-refractivity contribution in [2.45, 2.75) is 6.92 Å². The largest absolute Gasteiger partial charge is 1.00 e. The van der Waals surface area contributed by atoms with Gasteiger partial charge in [0.15, 0.2) is 0 Å². The van der Waals surface area contributed by atoms with Gasteiger partial charge in [-0.1, -0.05) is 24.3 Å². The molecule has 0 saturated carbocycles. The summed E-state index contributed by atoms with van der Waals surface area (Å²) in [5.74, 6) is -0.175. The molecule has 0 fully saturated rings. The summed E-state index contributed by atoms with van der Waals surface area (Å²) in [6.45, 7) is 1.48. The number of hydrogen-bond donors (Lipinski definition) is 4. The Kier molecular flexibility index (Phi) is 16.8. The first-order chi connectivity index (χ1) is 9.57. The molecule has 2 rings (SSSR count). The first kappa shape index (κ1) is 32.3. The molecule has 0 aliphatic heterocycles. The van der Waals surface area contributed by atoms with Crippen LogP contribution >= 0.6 is 15.6 Å². The zero-order valence-electron chi connectivity index (χ0n) is 14.7. The molecule has 0 aliphatic carbocycles. The van der Waals surface area contributed by atoms with Gasteiger partial charge in [0, 0.05) is 10.8 Å². The Balaban J connectivity index is -0.00000121. The number of phosphoric ester groups is 2. The molecule has 4 N–H and O–H groups in total. The Morgan fingerprint density at radius 2 is 1.24 bits per heavy atom. The number of phosphoric acid groups is 2. The zero-order chi connectivity index (χ0) is 15.8. The molecule has 2 aromatic carbocycles. The van der Waals surface area contributed by atoms with Gasteiger partial charge in [0.05, 0.1) is 0 Å². The van der Waals surface area contributed by atoms with Crippen molar-refractivity contribution in [2.75, 3.05) is 0 Å². The third-order valence-corrected chi connectivity index (χ3v) is 3.43. The summed E-state index contributed by atoms with van der Waals surface area (Å²) in [5, 5.41) is 0.527. The molecule has 0 bridgehead atoms. The number of hydrogen-bond acceptors (Lipinski definition) is 4. The van der Waals surface area contributed by atoms with E-state index < -0.39 is 15.6 Å². The van der Waals surface area contributed by atoms with Gasteiger partial charge >= 0.3 is 134 Å². The SMILES string of the molecule is Cc1cc(OP(=O)(O)O)c2ccccc2c1OP(=O)(O)O.[Na+].[Na+].[Na+].[Na+]. The van der Waals surface area contributed by atoms with Crippen molar-refractivity contribution in [2.24, 2.45) is 0 Å². The van der Waals surface area contributed by atoms with Crippen molar-refractivity contribution in [3.8, 4) is 11.5 Å². The Bertz CT molecular complexity index is 791. The second-order valence-corrected chi connectivity index (χ2v) is 6.56. The van der Waals surface area contributed by atoms with Gasteiger partial charge in [-0.3, -0.25) is 19.6 Å². The zero-order valence-corrected chi connectivity index (χ0v) is 24.5. The minimum atomic E-state index is -4.77. The fraction of sp³-hybridized carbons (Fsp3) is 0.0909. The minimum Gasteiger partial charge on any atom is -0.404 e. The van der Waals surface area contributed by atoms with E-state index in [1.807, 2.05) is 0 Å². The number of aryl methyl sites for hydroxylation is 1. The van der Waals surface area contributed by atoms with E-state index in [0.29, 0.717) is 0 Å². The predicted octanol–water partition coefficient (Wildman–Crippen LogP) is -9.89. The predicted molar refractivity (Wildman–Crippen MR) is 74.0 cm³/mol. The van der Waals surface area contributed by atoms with Gasteiger partial charge in [-0.05, 0) is 18.6 Å². The molecule has 0 radical (unpaired) electrons. The van der Waals surface area contributed by atoms with E-state index in [1.54, 1.807) is 12.1 Å². The molecule has 0 heterocycles. The average Bonchev–Trinajstić information content (AvgIpc) is 2.31. The van der Waals surface area contributed by atoms with Crippen LogP contribution in [-0.4, -0.2) is 19.6 Å². The number of rotatable bonds is 4. The second-order valence-electron chi connectivity index (χ2n) is 4.23. The molecule has 0 saturated heterocycles. The maximum absolute atomic E-state index is 11.0. The second kappa shape index (κ2) is 13.0. The molecule has 0 amide bonds. The van der Waals surface area contributed by atoms with Crippen molar-refractivity contribution in [3.63, 3.8) is 0 Å². The van der Waals surface area contributed by atoms with E-state index >= 15 is 0 Å². The van der Waals surface area contributed by atoms with Crippen molar-refractivity contribution in [1.29, 1.82) is 0 Å². The molecule has 8 nitrogen and oxygen atoms in total. The van der Waals surface area contributed by atoms with Crippen LogP contribution in [0.15, 0.2) is 30.3 Å². The maximum Gasteiger partial charge on any atom is 1.00 e. The first-order valence-electron chi connectivity index (χ1n) is 5.59. The molecule has 0 aliphatic rings. The summed E-state index contributed by atoms with van der Waals surface area (Å²) in [5.41, 5.74) is 0.264. The fourth-order valence-electron chi connectivity index (χ4n) is 1.89. The maximum atomic E-state index is 11.0. The van der Waals surface area contributed by atoms with Crippen LogP contribution in [0.25, 0.3) is 10.8 Å². The van der Waals surface area contributed by atoms with Gasteiger partial charge in [0.25, 0.3) is 0 Å². The van der Waals surface area contributed by atoms with Gasteiger partial charge in [-0.25, -0.2) is 9.13 Å². The molecule has 2 aromatic rings. The van der Waals surface area contributed by atoms with Crippen LogP contribution in [0.4, 0.5) is 0 Å². The third-order valence-electron chi connectivity index (χ3n) is 2.57. The Morgan fingerprint density at radius 1 is 0.800 bits per heavy atom. The Hall–Kier alpha value is 2.60. The molecular formula is C11H12Na4O8P2+4. The van der Waals surface area contributed by atoms with E-state index in [-0.39, 0.29) is 146 Å². The summed E-state index contributed by atoms with van der Waals surface area (Å²) in [6.07, 6.45) is 0. The Labute approximate surface area is 233 Å². The molecule has 0 spiro atoms. The molecule has 0 aromatic heterocycles. The van der Waals surface area contributed by atoms with Gasteiger partial charge in [0.1, 0.15) is 11.5 Å². The molecular weight excluding hydrogens is 414 g/mol. The van der Waals surface area contributed by atoms with Gasteiger partial charge < -0.3 is 9.05 Å². The molecule has 0 atom stereocenters. The molecule has 14 heteroatoms. The fourth-order valence-corrected chi connectivity index (χ4v) is 2.78. The van der Waals surface area contributed by atoms with Crippen molar-refractivity contribution in [1.82, 2.24) is 0 Å². The van der Waals surface area contributed by atoms with Crippen LogP contribution in [0.5, 0.6) is 11.5 Å². The average molecular weight is 426 g/mol. The van der Waals surface area contributed by atoms with Crippen LogP contribution in [0, 0.1) is 6.92 Å². The number of benzene rings is 2. The molecule has 25 heavy (non-hydrogen) atoms.